The average Bonchev–Trinajstić information content (AvgIpc) is 3.23. The number of hydrogen-bond donors (Lipinski definition) is 1. The Morgan fingerprint density at radius 1 is 0.900 bits per heavy atom. The van der Waals surface area contributed by atoms with E-state index in [1.807, 2.05) is 17.0 Å². The number of nitrogens with zero attached hydrogens (tertiary/aromatic N) is 1. The van der Waals surface area contributed by atoms with Gasteiger partial charge in [-0.15, -0.1) is 0 Å². The van der Waals surface area contributed by atoms with E-state index in [2.05, 4.69) is 77.9 Å². The second kappa shape index (κ2) is 8.19. The lowest BCUT2D eigenvalue weighted by atomic mass is 9.88. The Morgan fingerprint density at radius 2 is 1.63 bits per heavy atom. The fourth-order valence-corrected chi connectivity index (χ4v) is 4.67. The molecule has 30 heavy (non-hydrogen) atoms. The van der Waals surface area contributed by atoms with Crippen molar-refractivity contribution in [3.8, 4) is 0 Å². The number of carbonyl (C=O) groups excluding carboxylic acids is 1. The van der Waals surface area contributed by atoms with Crippen molar-refractivity contribution in [1.82, 2.24) is 9.88 Å². The lowest BCUT2D eigenvalue weighted by molar-refractivity contribution is -0.132. The Balaban J connectivity index is 1.41. The third kappa shape index (κ3) is 3.76. The zero-order valence-electron chi connectivity index (χ0n) is 17.1. The van der Waals surface area contributed by atoms with Gasteiger partial charge in [0.05, 0.1) is 0 Å². The van der Waals surface area contributed by atoms with E-state index in [0.29, 0.717) is 6.42 Å². The molecule has 1 unspecified atom stereocenters. The van der Waals surface area contributed by atoms with Gasteiger partial charge < -0.3 is 9.88 Å². The number of nitrogens with one attached hydrogen (secondary N) is 1. The van der Waals surface area contributed by atoms with Crippen molar-refractivity contribution >= 4 is 16.8 Å². The smallest absolute Gasteiger partial charge is 0.223 e. The molecule has 0 saturated carbocycles. The monoisotopic (exact) mass is 394 g/mol. The second-order valence-electron chi connectivity index (χ2n) is 8.21. The van der Waals surface area contributed by atoms with Crippen molar-refractivity contribution in [2.75, 3.05) is 6.54 Å². The topological polar surface area (TPSA) is 36.1 Å². The van der Waals surface area contributed by atoms with Gasteiger partial charge in [-0.3, -0.25) is 4.79 Å². The highest BCUT2D eigenvalue weighted by Crippen LogP contribution is 2.32. The lowest BCUT2D eigenvalue weighted by Gasteiger charge is -2.30. The third-order valence-electron chi connectivity index (χ3n) is 6.29. The van der Waals surface area contributed by atoms with Crippen LogP contribution in [0.2, 0.25) is 0 Å². The Bertz CT molecular complexity index is 1160. The van der Waals surface area contributed by atoms with Gasteiger partial charge in [0.1, 0.15) is 0 Å². The average molecular weight is 395 g/mol. The summed E-state index contributed by atoms with van der Waals surface area (Å²) in [7, 11) is 0. The molecule has 1 aliphatic heterocycles. The van der Waals surface area contributed by atoms with Gasteiger partial charge in [0, 0.05) is 36.6 Å². The van der Waals surface area contributed by atoms with Gasteiger partial charge in [-0.2, -0.15) is 0 Å². The molecule has 0 bridgehead atoms. The second-order valence-corrected chi connectivity index (χ2v) is 8.21. The molecule has 5 rings (SSSR count). The van der Waals surface area contributed by atoms with Crippen molar-refractivity contribution in [2.45, 2.75) is 31.7 Å². The molecule has 4 aromatic rings. The summed E-state index contributed by atoms with van der Waals surface area (Å²) in [6.45, 7) is 1.53. The molecular formula is C27H26N2O. The Morgan fingerprint density at radius 3 is 2.50 bits per heavy atom. The van der Waals surface area contributed by atoms with Crippen LogP contribution in [0.1, 0.15) is 34.6 Å². The molecule has 2 heterocycles. The maximum atomic E-state index is 13.4. The van der Waals surface area contributed by atoms with Gasteiger partial charge in [-0.05, 0) is 47.1 Å². The van der Waals surface area contributed by atoms with E-state index >= 15 is 0 Å². The molecule has 3 nitrogen and oxygen atoms in total. The van der Waals surface area contributed by atoms with Crippen molar-refractivity contribution in [3.63, 3.8) is 0 Å². The number of H-pyrrole nitrogens is 1. The van der Waals surface area contributed by atoms with Crippen molar-refractivity contribution in [3.05, 3.63) is 107 Å². The Kier molecular flexibility index (Phi) is 5.10. The molecule has 1 N–H and O–H groups in total. The van der Waals surface area contributed by atoms with Crippen LogP contribution in [0.4, 0.5) is 0 Å². The molecule has 0 radical (unpaired) electrons. The molecule has 150 valence electrons. The summed E-state index contributed by atoms with van der Waals surface area (Å²) in [5.74, 6) is 0.393. The Hall–Kier alpha value is -3.33. The summed E-state index contributed by atoms with van der Waals surface area (Å²) in [6, 6.07) is 27.4. The van der Waals surface area contributed by atoms with Crippen molar-refractivity contribution in [2.24, 2.45) is 0 Å². The molecule has 0 aliphatic carbocycles. The standard InChI is InChI=1S/C27H26N2O/c30-27(29-15-14-21-10-4-5-11-22(21)19-29)17-23(16-20-8-2-1-3-9-20)25-18-28-26-13-7-6-12-24(25)26/h1-13,18,23,28H,14-17,19H2. The predicted octanol–water partition coefficient (Wildman–Crippen LogP) is 5.47. The minimum absolute atomic E-state index is 0.147. The van der Waals surface area contributed by atoms with Crippen LogP contribution in [0.15, 0.2) is 85.1 Å². The van der Waals surface area contributed by atoms with E-state index in [9.17, 15) is 4.79 Å². The first-order chi connectivity index (χ1) is 14.8. The number of aromatic nitrogens is 1. The zero-order chi connectivity index (χ0) is 20.3. The highest BCUT2D eigenvalue weighted by atomic mass is 16.2. The number of rotatable bonds is 5. The molecule has 0 fully saturated rings. The normalized spacial score (nSPS) is 14.5. The van der Waals surface area contributed by atoms with Crippen LogP contribution < -0.4 is 0 Å². The number of benzene rings is 3. The molecule has 1 aromatic heterocycles. The quantitative estimate of drug-likeness (QED) is 0.479. The highest BCUT2D eigenvalue weighted by molar-refractivity contribution is 5.85. The number of fused-ring (bicyclic) bond motifs is 2. The fraction of sp³-hybridized carbons (Fsp3) is 0.222. The van der Waals surface area contributed by atoms with E-state index in [-0.39, 0.29) is 11.8 Å². The number of aromatic amines is 1. The van der Waals surface area contributed by atoms with Crippen LogP contribution in [-0.2, 0) is 24.2 Å². The maximum absolute atomic E-state index is 13.4. The van der Waals surface area contributed by atoms with Gasteiger partial charge in [-0.25, -0.2) is 0 Å². The molecule has 1 amide bonds. The summed E-state index contributed by atoms with van der Waals surface area (Å²) >= 11 is 0. The van der Waals surface area contributed by atoms with Gasteiger partial charge in [0.25, 0.3) is 0 Å². The van der Waals surface area contributed by atoms with Crippen LogP contribution in [0.3, 0.4) is 0 Å². The first kappa shape index (κ1) is 18.7. The summed E-state index contributed by atoms with van der Waals surface area (Å²) < 4.78 is 0. The summed E-state index contributed by atoms with van der Waals surface area (Å²) in [5.41, 5.74) is 6.29. The highest BCUT2D eigenvalue weighted by Gasteiger charge is 2.25. The molecule has 0 saturated heterocycles. The first-order valence-corrected chi connectivity index (χ1v) is 10.7. The predicted molar refractivity (Wildman–Crippen MR) is 121 cm³/mol. The van der Waals surface area contributed by atoms with E-state index in [4.69, 9.17) is 0 Å². The van der Waals surface area contributed by atoms with Crippen molar-refractivity contribution < 1.29 is 4.79 Å². The van der Waals surface area contributed by atoms with Crippen LogP contribution in [0, 0.1) is 0 Å². The van der Waals surface area contributed by atoms with Crippen LogP contribution in [0.25, 0.3) is 10.9 Å². The fourth-order valence-electron chi connectivity index (χ4n) is 4.67. The summed E-state index contributed by atoms with van der Waals surface area (Å²) in [6.07, 6.45) is 4.42. The number of carbonyl (C=O) groups is 1. The van der Waals surface area contributed by atoms with Gasteiger partial charge in [-0.1, -0.05) is 72.8 Å². The van der Waals surface area contributed by atoms with E-state index in [1.54, 1.807) is 0 Å². The molecule has 1 aliphatic rings. The van der Waals surface area contributed by atoms with E-state index < -0.39 is 0 Å². The van der Waals surface area contributed by atoms with Gasteiger partial charge >= 0.3 is 0 Å². The minimum Gasteiger partial charge on any atom is -0.361 e. The number of hydrogen-bond acceptors (Lipinski definition) is 1. The summed E-state index contributed by atoms with van der Waals surface area (Å²) in [4.78, 5) is 18.8. The van der Waals surface area contributed by atoms with Gasteiger partial charge in [0.15, 0.2) is 0 Å². The van der Waals surface area contributed by atoms with Crippen LogP contribution >= 0.6 is 0 Å². The van der Waals surface area contributed by atoms with Crippen LogP contribution in [-0.4, -0.2) is 22.3 Å². The maximum Gasteiger partial charge on any atom is 0.223 e. The van der Waals surface area contributed by atoms with Crippen molar-refractivity contribution in [1.29, 1.82) is 0 Å². The lowest BCUT2D eigenvalue weighted by Crippen LogP contribution is -2.36. The molecular weight excluding hydrogens is 368 g/mol. The minimum atomic E-state index is 0.147. The number of amides is 1. The third-order valence-corrected chi connectivity index (χ3v) is 6.29. The first-order valence-electron chi connectivity index (χ1n) is 10.7. The molecule has 3 aromatic carbocycles. The Labute approximate surface area is 177 Å². The van der Waals surface area contributed by atoms with Gasteiger partial charge in [0.2, 0.25) is 5.91 Å². The van der Waals surface area contributed by atoms with E-state index in [0.717, 1.165) is 31.4 Å². The molecule has 1 atom stereocenters. The van der Waals surface area contributed by atoms with Crippen LogP contribution in [0.5, 0.6) is 0 Å². The largest absolute Gasteiger partial charge is 0.361 e. The zero-order valence-corrected chi connectivity index (χ0v) is 17.1. The number of para-hydroxylation sites is 1. The molecule has 3 heteroatoms. The summed E-state index contributed by atoms with van der Waals surface area (Å²) in [5, 5.41) is 1.22. The van der Waals surface area contributed by atoms with E-state index in [1.165, 1.54) is 27.6 Å². The molecule has 0 spiro atoms. The SMILES string of the molecule is O=C(CC(Cc1ccccc1)c1c[nH]c2ccccc12)N1CCc2ccccc2C1.